The smallest absolute Gasteiger partial charge is 0.240 e. The van der Waals surface area contributed by atoms with Crippen LogP contribution in [-0.2, 0) is 22.6 Å². The topological polar surface area (TPSA) is 64.7 Å². The molecule has 1 aromatic rings. The quantitative estimate of drug-likeness (QED) is 0.748. The summed E-state index contributed by atoms with van der Waals surface area (Å²) in [5, 5.41) is 6.15. The molecule has 0 aliphatic carbocycles. The van der Waals surface area contributed by atoms with Crippen LogP contribution >= 0.6 is 0 Å². The van der Waals surface area contributed by atoms with E-state index in [2.05, 4.69) is 34.2 Å². The fourth-order valence-electron chi connectivity index (χ4n) is 3.42. The maximum atomic E-state index is 12.8. The van der Waals surface area contributed by atoms with Crippen molar-refractivity contribution >= 4 is 11.8 Å². The normalized spacial score (nSPS) is 20.6. The van der Waals surface area contributed by atoms with Gasteiger partial charge in [0, 0.05) is 39.3 Å². The second kappa shape index (κ2) is 8.27. The van der Waals surface area contributed by atoms with Gasteiger partial charge >= 0.3 is 0 Å². The zero-order valence-corrected chi connectivity index (χ0v) is 14.5. The predicted molar refractivity (Wildman–Crippen MR) is 97.0 cm³/mol. The highest BCUT2D eigenvalue weighted by Gasteiger charge is 2.30. The lowest BCUT2D eigenvalue weighted by Crippen LogP contribution is -2.56. The third-order valence-electron chi connectivity index (χ3n) is 4.87. The van der Waals surface area contributed by atoms with Crippen LogP contribution in [0.1, 0.15) is 11.1 Å². The molecule has 1 aromatic carbocycles. The standard InChI is InChI=1S/C19H26N4O2/c1-2-7-20-18(24)14-22-8-10-23(11-9-22)19(25)17-12-15-5-3-4-6-16(15)13-21-17/h2-6,17,21H,1,7-14H2,(H,20,24). The van der Waals surface area contributed by atoms with Gasteiger partial charge in [-0.25, -0.2) is 0 Å². The summed E-state index contributed by atoms with van der Waals surface area (Å²) in [5.41, 5.74) is 2.54. The fourth-order valence-corrected chi connectivity index (χ4v) is 3.42. The van der Waals surface area contributed by atoms with Gasteiger partial charge in [-0.05, 0) is 17.5 Å². The number of nitrogens with one attached hydrogen (secondary N) is 2. The number of carbonyl (C=O) groups is 2. The number of nitrogens with zero attached hydrogens (tertiary/aromatic N) is 2. The summed E-state index contributed by atoms with van der Waals surface area (Å²) in [6.45, 7) is 8.02. The highest BCUT2D eigenvalue weighted by atomic mass is 16.2. The molecule has 2 aliphatic heterocycles. The number of hydrogen-bond acceptors (Lipinski definition) is 4. The molecule has 0 saturated carbocycles. The zero-order chi connectivity index (χ0) is 17.6. The van der Waals surface area contributed by atoms with Crippen molar-refractivity contribution < 1.29 is 9.59 Å². The van der Waals surface area contributed by atoms with Gasteiger partial charge in [0.2, 0.25) is 11.8 Å². The van der Waals surface area contributed by atoms with Gasteiger partial charge in [0.05, 0.1) is 12.6 Å². The number of carbonyl (C=O) groups excluding carboxylic acids is 2. The Morgan fingerprint density at radius 3 is 2.64 bits per heavy atom. The van der Waals surface area contributed by atoms with Crippen LogP contribution in [0.25, 0.3) is 0 Å². The van der Waals surface area contributed by atoms with Crippen LogP contribution in [0.2, 0.25) is 0 Å². The first-order chi connectivity index (χ1) is 12.2. The lowest BCUT2D eigenvalue weighted by molar-refractivity contribution is -0.135. The van der Waals surface area contributed by atoms with Crippen molar-refractivity contribution in [1.29, 1.82) is 0 Å². The minimum Gasteiger partial charge on any atom is -0.352 e. The summed E-state index contributed by atoms with van der Waals surface area (Å²) < 4.78 is 0. The van der Waals surface area contributed by atoms with Crippen molar-refractivity contribution in [2.75, 3.05) is 39.3 Å². The highest BCUT2D eigenvalue weighted by molar-refractivity contribution is 5.83. The number of benzene rings is 1. The molecule has 1 saturated heterocycles. The first-order valence-corrected chi connectivity index (χ1v) is 8.86. The maximum absolute atomic E-state index is 12.8. The third kappa shape index (κ3) is 4.46. The van der Waals surface area contributed by atoms with Gasteiger partial charge in [0.15, 0.2) is 0 Å². The Morgan fingerprint density at radius 2 is 1.92 bits per heavy atom. The molecule has 1 unspecified atom stereocenters. The molecule has 0 aromatic heterocycles. The van der Waals surface area contributed by atoms with E-state index in [1.807, 2.05) is 17.0 Å². The number of piperazine rings is 1. The van der Waals surface area contributed by atoms with Crippen molar-refractivity contribution in [1.82, 2.24) is 20.4 Å². The SMILES string of the molecule is C=CCNC(=O)CN1CCN(C(=O)C2Cc3ccccc3CN2)CC1. The summed E-state index contributed by atoms with van der Waals surface area (Å²) in [4.78, 5) is 28.6. The lowest BCUT2D eigenvalue weighted by atomic mass is 9.95. The van der Waals surface area contributed by atoms with Crippen molar-refractivity contribution in [2.45, 2.75) is 19.0 Å². The van der Waals surface area contributed by atoms with Gasteiger partial charge in [0.25, 0.3) is 0 Å². The molecule has 1 atom stereocenters. The molecule has 0 spiro atoms. The van der Waals surface area contributed by atoms with E-state index in [0.717, 1.165) is 26.1 Å². The van der Waals surface area contributed by atoms with E-state index in [0.29, 0.717) is 26.2 Å². The number of hydrogen-bond donors (Lipinski definition) is 2. The van der Waals surface area contributed by atoms with Crippen LogP contribution in [-0.4, -0.2) is 66.9 Å². The first-order valence-electron chi connectivity index (χ1n) is 8.86. The van der Waals surface area contributed by atoms with Crippen molar-refractivity contribution in [3.8, 4) is 0 Å². The number of amides is 2. The molecule has 25 heavy (non-hydrogen) atoms. The summed E-state index contributed by atoms with van der Waals surface area (Å²) in [6.07, 6.45) is 2.42. The molecule has 2 heterocycles. The average molecular weight is 342 g/mol. The molecule has 134 valence electrons. The van der Waals surface area contributed by atoms with Crippen LogP contribution in [0, 0.1) is 0 Å². The van der Waals surface area contributed by atoms with Crippen LogP contribution < -0.4 is 10.6 Å². The summed E-state index contributed by atoms with van der Waals surface area (Å²) in [6, 6.07) is 8.14. The van der Waals surface area contributed by atoms with E-state index in [4.69, 9.17) is 0 Å². The molecule has 2 amide bonds. The molecule has 1 fully saturated rings. The molecule has 0 radical (unpaired) electrons. The molecule has 2 aliphatic rings. The minimum atomic E-state index is -0.141. The highest BCUT2D eigenvalue weighted by Crippen LogP contribution is 2.18. The Labute approximate surface area is 148 Å². The molecular formula is C19H26N4O2. The largest absolute Gasteiger partial charge is 0.352 e. The molecule has 3 rings (SSSR count). The van der Waals surface area contributed by atoms with Gasteiger partial charge in [-0.15, -0.1) is 6.58 Å². The molecule has 6 nitrogen and oxygen atoms in total. The Kier molecular flexibility index (Phi) is 5.83. The molecule has 6 heteroatoms. The van der Waals surface area contributed by atoms with E-state index >= 15 is 0 Å². The monoisotopic (exact) mass is 342 g/mol. The van der Waals surface area contributed by atoms with Gasteiger partial charge in [-0.2, -0.15) is 0 Å². The molecule has 2 N–H and O–H groups in total. The van der Waals surface area contributed by atoms with E-state index in [1.165, 1.54) is 11.1 Å². The Balaban J connectivity index is 1.47. The first kappa shape index (κ1) is 17.6. The van der Waals surface area contributed by atoms with E-state index < -0.39 is 0 Å². The third-order valence-corrected chi connectivity index (χ3v) is 4.87. The number of fused-ring (bicyclic) bond motifs is 1. The lowest BCUT2D eigenvalue weighted by Gasteiger charge is -2.37. The molecule has 0 bridgehead atoms. The zero-order valence-electron chi connectivity index (χ0n) is 14.5. The van der Waals surface area contributed by atoms with Crippen LogP contribution in [0.15, 0.2) is 36.9 Å². The minimum absolute atomic E-state index is 0.00484. The van der Waals surface area contributed by atoms with Crippen molar-refractivity contribution in [3.05, 3.63) is 48.0 Å². The van der Waals surface area contributed by atoms with Crippen LogP contribution in [0.3, 0.4) is 0 Å². The Bertz CT molecular complexity index is 638. The van der Waals surface area contributed by atoms with Crippen molar-refractivity contribution in [2.24, 2.45) is 0 Å². The van der Waals surface area contributed by atoms with E-state index in [1.54, 1.807) is 6.08 Å². The molecular weight excluding hydrogens is 316 g/mol. The van der Waals surface area contributed by atoms with Gasteiger partial charge in [-0.3, -0.25) is 14.5 Å². The fraction of sp³-hybridized carbons (Fsp3) is 0.474. The van der Waals surface area contributed by atoms with Crippen LogP contribution in [0.4, 0.5) is 0 Å². The summed E-state index contributed by atoms with van der Waals surface area (Å²) >= 11 is 0. The Hall–Kier alpha value is -2.18. The average Bonchev–Trinajstić information content (AvgIpc) is 2.66. The van der Waals surface area contributed by atoms with Gasteiger partial charge in [0.1, 0.15) is 0 Å². The second-order valence-corrected chi connectivity index (χ2v) is 6.60. The maximum Gasteiger partial charge on any atom is 0.240 e. The Morgan fingerprint density at radius 1 is 1.20 bits per heavy atom. The summed E-state index contributed by atoms with van der Waals surface area (Å²) in [5.74, 6) is 0.176. The van der Waals surface area contributed by atoms with Crippen LogP contribution in [0.5, 0.6) is 0 Å². The van der Waals surface area contributed by atoms with Crippen molar-refractivity contribution in [3.63, 3.8) is 0 Å². The second-order valence-electron chi connectivity index (χ2n) is 6.60. The van der Waals surface area contributed by atoms with E-state index in [-0.39, 0.29) is 17.9 Å². The van der Waals surface area contributed by atoms with Gasteiger partial charge < -0.3 is 15.5 Å². The number of rotatable bonds is 5. The predicted octanol–water partition coefficient (Wildman–Crippen LogP) is 0.147. The van der Waals surface area contributed by atoms with E-state index in [9.17, 15) is 9.59 Å². The van der Waals surface area contributed by atoms with Gasteiger partial charge in [-0.1, -0.05) is 30.3 Å². The summed E-state index contributed by atoms with van der Waals surface area (Å²) in [7, 11) is 0.